The lowest BCUT2D eigenvalue weighted by Crippen LogP contribution is -2.46. The summed E-state index contributed by atoms with van der Waals surface area (Å²) in [6, 6.07) is -0.746. The van der Waals surface area contributed by atoms with Gasteiger partial charge in [0.2, 0.25) is 5.91 Å². The van der Waals surface area contributed by atoms with Gasteiger partial charge < -0.3 is 20.3 Å². The molecule has 0 aromatic rings. The first-order chi connectivity index (χ1) is 28.5. The molecule has 3 unspecified atom stereocenters. The highest BCUT2D eigenvalue weighted by Gasteiger charge is 2.23. The van der Waals surface area contributed by atoms with Crippen LogP contribution in [0.25, 0.3) is 0 Å². The summed E-state index contributed by atoms with van der Waals surface area (Å²) >= 11 is 0. The van der Waals surface area contributed by atoms with Gasteiger partial charge in [0.05, 0.1) is 25.2 Å². The van der Waals surface area contributed by atoms with Gasteiger partial charge in [0, 0.05) is 6.42 Å². The van der Waals surface area contributed by atoms with Gasteiger partial charge in [0.1, 0.15) is 6.10 Å². The van der Waals surface area contributed by atoms with Crippen molar-refractivity contribution in [3.63, 3.8) is 0 Å². The van der Waals surface area contributed by atoms with E-state index in [-0.39, 0.29) is 24.9 Å². The number of esters is 1. The maximum Gasteiger partial charge on any atom is 0.306 e. The third-order valence-corrected chi connectivity index (χ3v) is 10.5. The molecule has 334 valence electrons. The van der Waals surface area contributed by atoms with Gasteiger partial charge in [0.15, 0.2) is 0 Å². The van der Waals surface area contributed by atoms with Crippen LogP contribution in [0.5, 0.6) is 0 Å². The molecule has 0 aliphatic heterocycles. The van der Waals surface area contributed by atoms with Gasteiger partial charge in [-0.3, -0.25) is 9.59 Å². The standard InChI is InChI=1S/C52H91NO5/c1-4-7-10-13-16-19-22-25-27-28-31-34-37-40-43-48(58-52(57)45-42-39-36-33-30-26-23-20-17-14-11-8-5-2)46-51(56)53-49(47-54)50(55)44-41-38-35-32-29-24-21-18-15-12-9-6-3/h7,10,16,19,25-27,30-31,34,40,43,48-50,54-55H,4-6,8-9,11-15,17-18,20-24,28-29,32-33,35-39,41-42,44-47H2,1-3H3,(H,53,56)/b10-7+,19-16+,27-25+,30-26-,34-31+,43-40+. The largest absolute Gasteiger partial charge is 0.458 e. The normalized spacial score (nSPS) is 13.9. The monoisotopic (exact) mass is 810 g/mol. The first kappa shape index (κ1) is 55.3. The Morgan fingerprint density at radius 2 is 0.966 bits per heavy atom. The Balaban J connectivity index is 4.79. The number of hydrogen-bond donors (Lipinski definition) is 3. The van der Waals surface area contributed by atoms with Crippen LogP contribution in [-0.2, 0) is 14.3 Å². The third kappa shape index (κ3) is 40.1. The number of nitrogens with one attached hydrogen (secondary N) is 1. The molecular formula is C52H91NO5. The molecule has 1 amide bonds. The highest BCUT2D eigenvalue weighted by Crippen LogP contribution is 2.15. The summed E-state index contributed by atoms with van der Waals surface area (Å²) in [6.45, 7) is 6.30. The number of amides is 1. The van der Waals surface area contributed by atoms with E-state index in [1.165, 1.54) is 96.3 Å². The lowest BCUT2D eigenvalue weighted by Gasteiger charge is -2.23. The molecule has 0 bridgehead atoms. The Labute approximate surface area is 358 Å². The van der Waals surface area contributed by atoms with Gasteiger partial charge in [0.25, 0.3) is 0 Å². The Bertz CT molecular complexity index is 1090. The second kappa shape index (κ2) is 45.4. The molecule has 0 aromatic heterocycles. The highest BCUT2D eigenvalue weighted by molar-refractivity contribution is 5.78. The number of ether oxygens (including phenoxy) is 1. The van der Waals surface area contributed by atoms with Crippen LogP contribution in [0.2, 0.25) is 0 Å². The minimum absolute atomic E-state index is 0.0539. The summed E-state index contributed by atoms with van der Waals surface area (Å²) < 4.78 is 5.79. The zero-order valence-electron chi connectivity index (χ0n) is 37.9. The number of allylic oxidation sites excluding steroid dienone is 11. The smallest absolute Gasteiger partial charge is 0.306 e. The first-order valence-electron chi connectivity index (χ1n) is 24.2. The van der Waals surface area contributed by atoms with Crippen molar-refractivity contribution in [3.05, 3.63) is 72.9 Å². The lowest BCUT2D eigenvalue weighted by molar-refractivity contribution is -0.148. The van der Waals surface area contributed by atoms with Gasteiger partial charge in [-0.15, -0.1) is 0 Å². The number of unbranched alkanes of at least 4 members (excludes halogenated alkanes) is 20. The molecule has 0 heterocycles. The zero-order valence-corrected chi connectivity index (χ0v) is 37.9. The molecule has 0 saturated carbocycles. The Morgan fingerprint density at radius 3 is 1.45 bits per heavy atom. The van der Waals surface area contributed by atoms with Gasteiger partial charge in [-0.05, 0) is 76.7 Å². The van der Waals surface area contributed by atoms with Crippen LogP contribution in [0.15, 0.2) is 72.9 Å². The zero-order chi connectivity index (χ0) is 42.4. The van der Waals surface area contributed by atoms with Gasteiger partial charge >= 0.3 is 5.97 Å². The molecule has 6 nitrogen and oxygen atoms in total. The van der Waals surface area contributed by atoms with E-state index in [2.05, 4.69) is 86.8 Å². The van der Waals surface area contributed by atoms with Crippen molar-refractivity contribution in [2.24, 2.45) is 0 Å². The van der Waals surface area contributed by atoms with Crippen molar-refractivity contribution in [2.45, 2.75) is 238 Å². The molecule has 0 aliphatic rings. The molecule has 58 heavy (non-hydrogen) atoms. The van der Waals surface area contributed by atoms with Crippen LogP contribution < -0.4 is 5.32 Å². The van der Waals surface area contributed by atoms with Crippen molar-refractivity contribution in [1.82, 2.24) is 5.32 Å². The number of hydrogen-bond acceptors (Lipinski definition) is 5. The van der Waals surface area contributed by atoms with Crippen molar-refractivity contribution < 1.29 is 24.5 Å². The van der Waals surface area contributed by atoms with Crippen molar-refractivity contribution in [1.29, 1.82) is 0 Å². The van der Waals surface area contributed by atoms with Gasteiger partial charge in [-0.25, -0.2) is 0 Å². The molecular weight excluding hydrogens is 719 g/mol. The van der Waals surface area contributed by atoms with Crippen molar-refractivity contribution in [2.75, 3.05) is 6.61 Å². The summed E-state index contributed by atoms with van der Waals surface area (Å²) in [6.07, 6.45) is 57.0. The van der Waals surface area contributed by atoms with E-state index in [1.54, 1.807) is 6.08 Å². The maximum absolute atomic E-state index is 13.1. The molecule has 0 aromatic carbocycles. The predicted octanol–water partition coefficient (Wildman–Crippen LogP) is 14.2. The van der Waals surface area contributed by atoms with Crippen molar-refractivity contribution in [3.8, 4) is 0 Å². The number of aliphatic hydroxyl groups excluding tert-OH is 2. The Hall–Kier alpha value is -2.70. The number of aliphatic hydroxyl groups is 2. The van der Waals surface area contributed by atoms with Crippen molar-refractivity contribution >= 4 is 11.9 Å². The summed E-state index contributed by atoms with van der Waals surface area (Å²) in [7, 11) is 0. The quantitative estimate of drug-likeness (QED) is 0.0324. The number of rotatable bonds is 42. The summed E-state index contributed by atoms with van der Waals surface area (Å²) in [5.41, 5.74) is 0. The molecule has 0 saturated heterocycles. The van der Waals surface area contributed by atoms with Crippen LogP contribution in [0.1, 0.15) is 220 Å². The first-order valence-corrected chi connectivity index (χ1v) is 24.2. The fourth-order valence-electron chi connectivity index (χ4n) is 6.86. The van der Waals surface area contributed by atoms with E-state index in [4.69, 9.17) is 4.74 Å². The summed E-state index contributed by atoms with van der Waals surface area (Å²) in [4.78, 5) is 26.0. The topological polar surface area (TPSA) is 95.9 Å². The fraction of sp³-hybridized carbons (Fsp3) is 0.731. The van der Waals surface area contributed by atoms with Crippen LogP contribution in [-0.4, -0.2) is 46.9 Å². The molecule has 0 fully saturated rings. The van der Waals surface area contributed by atoms with E-state index in [0.717, 1.165) is 77.0 Å². The number of carbonyl (C=O) groups is 2. The van der Waals surface area contributed by atoms with Crippen LogP contribution in [0.3, 0.4) is 0 Å². The molecule has 0 aliphatic carbocycles. The second-order valence-corrected chi connectivity index (χ2v) is 16.1. The van der Waals surface area contributed by atoms with Gasteiger partial charge in [-0.2, -0.15) is 0 Å². The van der Waals surface area contributed by atoms with E-state index in [9.17, 15) is 19.8 Å². The third-order valence-electron chi connectivity index (χ3n) is 10.5. The van der Waals surface area contributed by atoms with Crippen LogP contribution in [0.4, 0.5) is 0 Å². The van der Waals surface area contributed by atoms with E-state index < -0.39 is 18.2 Å². The Kier molecular flexibility index (Phi) is 43.3. The number of carbonyl (C=O) groups excluding carboxylic acids is 2. The van der Waals surface area contributed by atoms with E-state index in [0.29, 0.717) is 19.3 Å². The minimum atomic E-state index is -0.822. The average Bonchev–Trinajstić information content (AvgIpc) is 3.22. The highest BCUT2D eigenvalue weighted by atomic mass is 16.5. The minimum Gasteiger partial charge on any atom is -0.458 e. The molecule has 0 spiro atoms. The lowest BCUT2D eigenvalue weighted by atomic mass is 10.0. The summed E-state index contributed by atoms with van der Waals surface area (Å²) in [5, 5.41) is 23.6. The fourth-order valence-corrected chi connectivity index (χ4v) is 6.86. The predicted molar refractivity (Wildman–Crippen MR) is 250 cm³/mol. The average molecular weight is 810 g/mol. The van der Waals surface area contributed by atoms with Gasteiger partial charge in [-0.1, -0.05) is 203 Å². The molecule has 6 heteroatoms. The van der Waals surface area contributed by atoms with E-state index in [1.807, 2.05) is 6.08 Å². The summed E-state index contributed by atoms with van der Waals surface area (Å²) in [5.74, 6) is -0.651. The van der Waals surface area contributed by atoms with E-state index >= 15 is 0 Å². The Morgan fingerprint density at radius 1 is 0.534 bits per heavy atom. The second-order valence-electron chi connectivity index (χ2n) is 16.1. The van der Waals surface area contributed by atoms with Crippen LogP contribution >= 0.6 is 0 Å². The molecule has 0 rings (SSSR count). The SMILES string of the molecule is CC/C=C/C/C=C/C/C=C/C/C=C/C/C=C/C(CC(=O)NC(CO)C(O)CCCCCCCCCCCCCC)OC(=O)CCCCC/C=C\CCCCCCCC. The molecule has 3 N–H and O–H groups in total. The maximum atomic E-state index is 13.1. The molecule has 3 atom stereocenters. The van der Waals surface area contributed by atoms with Crippen LogP contribution in [0, 0.1) is 0 Å². The molecule has 0 radical (unpaired) electrons.